The van der Waals surface area contributed by atoms with Crippen molar-refractivity contribution in [2.75, 3.05) is 32.7 Å². The number of β-amino-alcohol motifs (C(OH)–C–C–N with tert-alkyl or cyclic N) is 1. The Balaban J connectivity index is 1.89. The second-order valence-corrected chi connectivity index (χ2v) is 6.53. The lowest BCUT2D eigenvalue weighted by Gasteiger charge is -2.39. The van der Waals surface area contributed by atoms with Crippen molar-refractivity contribution in [3.63, 3.8) is 0 Å². The van der Waals surface area contributed by atoms with E-state index in [2.05, 4.69) is 9.80 Å². The molecule has 0 amide bonds. The highest BCUT2D eigenvalue weighted by molar-refractivity contribution is 5.99. The zero-order valence-electron chi connectivity index (χ0n) is 13.2. The Hall–Kier alpha value is -1.23. The monoisotopic (exact) mass is 290 g/mol. The number of piperazine rings is 1. The Kier molecular flexibility index (Phi) is 5.14. The lowest BCUT2D eigenvalue weighted by molar-refractivity contribution is 0.0125. The summed E-state index contributed by atoms with van der Waals surface area (Å²) in [6.45, 7) is 9.88. The van der Waals surface area contributed by atoms with Crippen molar-refractivity contribution in [2.45, 2.75) is 32.4 Å². The van der Waals surface area contributed by atoms with E-state index in [1.165, 1.54) is 0 Å². The molecule has 1 N–H and O–H groups in total. The highest BCUT2D eigenvalue weighted by Crippen LogP contribution is 2.13. The Bertz CT molecular complexity index is 459. The molecule has 21 heavy (non-hydrogen) atoms. The van der Waals surface area contributed by atoms with Crippen molar-refractivity contribution >= 4 is 5.78 Å². The van der Waals surface area contributed by atoms with Crippen LogP contribution in [0.15, 0.2) is 30.3 Å². The molecule has 4 heteroatoms. The molecule has 2 rings (SSSR count). The van der Waals surface area contributed by atoms with Gasteiger partial charge < -0.3 is 5.11 Å². The van der Waals surface area contributed by atoms with Crippen molar-refractivity contribution in [2.24, 2.45) is 0 Å². The molecule has 1 aliphatic rings. The smallest absolute Gasteiger partial charge is 0.179 e. The Morgan fingerprint density at radius 3 is 2.29 bits per heavy atom. The highest BCUT2D eigenvalue weighted by atomic mass is 16.3. The molecule has 4 nitrogen and oxygen atoms in total. The molecule has 1 unspecified atom stereocenters. The minimum Gasteiger partial charge on any atom is -0.389 e. The number of hydrogen-bond donors (Lipinski definition) is 1. The van der Waals surface area contributed by atoms with Gasteiger partial charge in [0.2, 0.25) is 0 Å². The summed E-state index contributed by atoms with van der Waals surface area (Å²) in [5, 5.41) is 9.87. The van der Waals surface area contributed by atoms with Crippen molar-refractivity contribution in [1.29, 1.82) is 0 Å². The number of aliphatic hydroxyl groups is 1. The Morgan fingerprint density at radius 2 is 1.76 bits per heavy atom. The molecule has 0 radical (unpaired) electrons. The molecule has 0 saturated carbocycles. The van der Waals surface area contributed by atoms with Gasteiger partial charge in [-0.1, -0.05) is 30.3 Å². The fourth-order valence-corrected chi connectivity index (χ4v) is 2.87. The number of carbonyl (C=O) groups excluding carboxylic acids is 1. The van der Waals surface area contributed by atoms with Gasteiger partial charge in [0.15, 0.2) is 5.78 Å². The van der Waals surface area contributed by atoms with E-state index in [0.717, 1.165) is 31.7 Å². The topological polar surface area (TPSA) is 43.8 Å². The minimum atomic E-state index is -0.659. The van der Waals surface area contributed by atoms with Crippen LogP contribution in [0.4, 0.5) is 0 Å². The van der Waals surface area contributed by atoms with Gasteiger partial charge in [-0.15, -0.1) is 0 Å². The van der Waals surface area contributed by atoms with Crippen LogP contribution in [0, 0.1) is 0 Å². The van der Waals surface area contributed by atoms with Crippen LogP contribution < -0.4 is 0 Å². The van der Waals surface area contributed by atoms with Crippen LogP contribution in [0.25, 0.3) is 0 Å². The van der Waals surface area contributed by atoms with E-state index in [1.54, 1.807) is 0 Å². The molecule has 0 spiro atoms. The first-order valence-corrected chi connectivity index (χ1v) is 7.65. The van der Waals surface area contributed by atoms with E-state index in [4.69, 9.17) is 0 Å². The lowest BCUT2D eigenvalue weighted by Crippen LogP contribution is -2.54. The molecule has 1 aliphatic heterocycles. The van der Waals surface area contributed by atoms with E-state index in [1.807, 2.05) is 51.1 Å². The molecule has 1 heterocycles. The standard InChI is InChI=1S/C17H26N2O2/c1-14(16(20)15-7-5-4-6-8-15)19-11-9-18(10-12-19)13-17(2,3)21/h4-8,14,21H,9-13H2,1-3H3. The minimum absolute atomic E-state index is 0.0864. The van der Waals surface area contributed by atoms with Gasteiger partial charge in [-0.3, -0.25) is 14.6 Å². The second kappa shape index (κ2) is 6.69. The largest absolute Gasteiger partial charge is 0.389 e. The SMILES string of the molecule is CC(C(=O)c1ccccc1)N1CCN(CC(C)(C)O)CC1. The summed E-state index contributed by atoms with van der Waals surface area (Å²) in [6.07, 6.45) is 0. The molecule has 1 atom stereocenters. The third-order valence-corrected chi connectivity index (χ3v) is 4.00. The maximum atomic E-state index is 12.5. The molecule has 1 saturated heterocycles. The van der Waals surface area contributed by atoms with E-state index in [0.29, 0.717) is 6.54 Å². The first-order chi connectivity index (χ1) is 9.87. The number of nitrogens with zero attached hydrogens (tertiary/aromatic N) is 2. The van der Waals surface area contributed by atoms with E-state index < -0.39 is 5.60 Å². The summed E-state index contributed by atoms with van der Waals surface area (Å²) >= 11 is 0. The van der Waals surface area contributed by atoms with Crippen molar-refractivity contribution in [1.82, 2.24) is 9.80 Å². The van der Waals surface area contributed by atoms with Crippen LogP contribution in [-0.4, -0.2) is 65.1 Å². The molecule has 0 aromatic heterocycles. The maximum Gasteiger partial charge on any atom is 0.179 e. The summed E-state index contributed by atoms with van der Waals surface area (Å²) in [4.78, 5) is 17.0. The summed E-state index contributed by atoms with van der Waals surface area (Å²) < 4.78 is 0. The number of hydrogen-bond acceptors (Lipinski definition) is 4. The predicted molar refractivity (Wildman–Crippen MR) is 84.5 cm³/mol. The molecule has 1 aromatic rings. The maximum absolute atomic E-state index is 12.5. The zero-order chi connectivity index (χ0) is 15.5. The number of ketones is 1. The molecule has 0 aliphatic carbocycles. The third kappa shape index (κ3) is 4.63. The van der Waals surface area contributed by atoms with Crippen LogP contribution >= 0.6 is 0 Å². The van der Waals surface area contributed by atoms with Crippen LogP contribution in [0.3, 0.4) is 0 Å². The van der Waals surface area contributed by atoms with Gasteiger partial charge >= 0.3 is 0 Å². The summed E-state index contributed by atoms with van der Waals surface area (Å²) in [6, 6.07) is 9.41. The average molecular weight is 290 g/mol. The van der Waals surface area contributed by atoms with Crippen molar-refractivity contribution < 1.29 is 9.90 Å². The number of carbonyl (C=O) groups is 1. The number of rotatable bonds is 5. The van der Waals surface area contributed by atoms with Gasteiger partial charge in [0, 0.05) is 38.3 Å². The summed E-state index contributed by atoms with van der Waals surface area (Å²) in [5.74, 6) is 0.187. The van der Waals surface area contributed by atoms with Gasteiger partial charge in [-0.05, 0) is 20.8 Å². The fraction of sp³-hybridized carbons (Fsp3) is 0.588. The first kappa shape index (κ1) is 16.1. The van der Waals surface area contributed by atoms with Crippen LogP contribution in [0.1, 0.15) is 31.1 Å². The lowest BCUT2D eigenvalue weighted by atomic mass is 10.0. The predicted octanol–water partition coefficient (Wildman–Crippen LogP) is 1.65. The average Bonchev–Trinajstić information content (AvgIpc) is 2.46. The van der Waals surface area contributed by atoms with Gasteiger partial charge in [0.05, 0.1) is 11.6 Å². The molecule has 1 fully saturated rings. The number of Topliss-reactive ketones (excluding diaryl/α,β-unsaturated/α-hetero) is 1. The molecule has 116 valence electrons. The van der Waals surface area contributed by atoms with Gasteiger partial charge in [0.25, 0.3) is 0 Å². The fourth-order valence-electron chi connectivity index (χ4n) is 2.87. The highest BCUT2D eigenvalue weighted by Gasteiger charge is 2.28. The summed E-state index contributed by atoms with van der Waals surface area (Å²) in [7, 11) is 0. The van der Waals surface area contributed by atoms with Gasteiger partial charge in [-0.25, -0.2) is 0 Å². The molecular weight excluding hydrogens is 264 g/mol. The van der Waals surface area contributed by atoms with Gasteiger partial charge in [0.1, 0.15) is 0 Å². The number of benzene rings is 1. The van der Waals surface area contributed by atoms with E-state index in [9.17, 15) is 9.90 Å². The van der Waals surface area contributed by atoms with E-state index >= 15 is 0 Å². The van der Waals surface area contributed by atoms with Gasteiger partial charge in [-0.2, -0.15) is 0 Å². The normalized spacial score (nSPS) is 19.4. The first-order valence-electron chi connectivity index (χ1n) is 7.65. The molecular formula is C17H26N2O2. The summed E-state index contributed by atoms with van der Waals surface area (Å²) in [5.41, 5.74) is 0.122. The van der Waals surface area contributed by atoms with Crippen LogP contribution in [0.5, 0.6) is 0 Å². The van der Waals surface area contributed by atoms with Crippen molar-refractivity contribution in [3.8, 4) is 0 Å². The Morgan fingerprint density at radius 1 is 1.19 bits per heavy atom. The molecule has 1 aromatic carbocycles. The zero-order valence-corrected chi connectivity index (χ0v) is 13.2. The van der Waals surface area contributed by atoms with Crippen LogP contribution in [-0.2, 0) is 0 Å². The van der Waals surface area contributed by atoms with Crippen molar-refractivity contribution in [3.05, 3.63) is 35.9 Å². The third-order valence-electron chi connectivity index (χ3n) is 4.00. The van der Waals surface area contributed by atoms with E-state index in [-0.39, 0.29) is 11.8 Å². The quantitative estimate of drug-likeness (QED) is 0.838. The second-order valence-electron chi connectivity index (χ2n) is 6.53. The Labute approximate surface area is 127 Å². The van der Waals surface area contributed by atoms with Crippen LogP contribution in [0.2, 0.25) is 0 Å². The molecule has 0 bridgehead atoms.